The third-order valence-corrected chi connectivity index (χ3v) is 2.50. The van der Waals surface area contributed by atoms with Gasteiger partial charge in [-0.1, -0.05) is 6.07 Å². The summed E-state index contributed by atoms with van der Waals surface area (Å²) in [6.45, 7) is 0. The molecule has 20 heavy (non-hydrogen) atoms. The topological polar surface area (TPSA) is 52.1 Å². The minimum atomic E-state index is -4.60. The number of hydrogen-bond donors (Lipinski definition) is 0. The number of hydrogen-bond acceptors (Lipinski definition) is 4. The fourth-order valence-corrected chi connectivity index (χ4v) is 1.59. The van der Waals surface area contributed by atoms with Crippen LogP contribution in [-0.4, -0.2) is 23.0 Å². The second-order valence-corrected chi connectivity index (χ2v) is 3.80. The van der Waals surface area contributed by atoms with Crippen LogP contribution >= 0.6 is 0 Å². The first-order valence-electron chi connectivity index (χ1n) is 5.51. The van der Waals surface area contributed by atoms with Crippen LogP contribution in [0.2, 0.25) is 0 Å². The molecule has 0 saturated heterocycles. The largest absolute Gasteiger partial charge is 0.465 e. The minimum absolute atomic E-state index is 0.0702. The van der Waals surface area contributed by atoms with Crippen LogP contribution in [0.3, 0.4) is 0 Å². The van der Waals surface area contributed by atoms with Gasteiger partial charge in [-0.3, -0.25) is 4.98 Å². The molecule has 0 aliphatic heterocycles. The number of halogens is 3. The molecule has 104 valence electrons. The number of esters is 1. The van der Waals surface area contributed by atoms with E-state index >= 15 is 0 Å². The lowest BCUT2D eigenvalue weighted by atomic mass is 10.1. The summed E-state index contributed by atoms with van der Waals surface area (Å²) in [4.78, 5) is 19.0. The van der Waals surface area contributed by atoms with E-state index < -0.39 is 17.8 Å². The Labute approximate surface area is 112 Å². The fraction of sp³-hybridized carbons (Fsp3) is 0.154. The molecule has 2 aromatic heterocycles. The molecule has 0 aliphatic rings. The summed E-state index contributed by atoms with van der Waals surface area (Å²) < 4.78 is 42.6. The average Bonchev–Trinajstić information content (AvgIpc) is 2.46. The van der Waals surface area contributed by atoms with Gasteiger partial charge in [-0.2, -0.15) is 13.2 Å². The van der Waals surface area contributed by atoms with Gasteiger partial charge in [0, 0.05) is 6.20 Å². The second-order valence-electron chi connectivity index (χ2n) is 3.80. The molecule has 0 fully saturated rings. The Balaban J connectivity index is 2.64. The van der Waals surface area contributed by atoms with Crippen LogP contribution in [0.1, 0.15) is 16.1 Å². The molecule has 2 heterocycles. The zero-order valence-electron chi connectivity index (χ0n) is 10.3. The van der Waals surface area contributed by atoms with Crippen LogP contribution in [0.5, 0.6) is 0 Å². The summed E-state index contributed by atoms with van der Waals surface area (Å²) in [7, 11) is 1.14. The Morgan fingerprint density at radius 3 is 2.50 bits per heavy atom. The van der Waals surface area contributed by atoms with Gasteiger partial charge in [0.1, 0.15) is 11.4 Å². The van der Waals surface area contributed by atoms with Gasteiger partial charge in [0.2, 0.25) is 0 Å². The van der Waals surface area contributed by atoms with Crippen molar-refractivity contribution >= 4 is 5.97 Å². The van der Waals surface area contributed by atoms with Crippen molar-refractivity contribution in [3.63, 3.8) is 0 Å². The quantitative estimate of drug-likeness (QED) is 0.795. The molecule has 0 unspecified atom stereocenters. The molecule has 0 spiro atoms. The molecular formula is C13H9F3N2O2. The number of aromatic nitrogens is 2. The summed E-state index contributed by atoms with van der Waals surface area (Å²) >= 11 is 0. The third kappa shape index (κ3) is 2.76. The van der Waals surface area contributed by atoms with Crippen LogP contribution in [0.25, 0.3) is 11.4 Å². The molecule has 4 nitrogen and oxygen atoms in total. The van der Waals surface area contributed by atoms with E-state index in [1.54, 1.807) is 12.1 Å². The Morgan fingerprint density at radius 2 is 1.95 bits per heavy atom. The van der Waals surface area contributed by atoms with E-state index in [2.05, 4.69) is 14.7 Å². The molecule has 0 N–H and O–H groups in total. The highest BCUT2D eigenvalue weighted by molar-refractivity contribution is 5.95. The first kappa shape index (κ1) is 14.0. The summed E-state index contributed by atoms with van der Waals surface area (Å²) in [6.07, 6.45) is -3.20. The molecule has 0 aliphatic carbocycles. The van der Waals surface area contributed by atoms with E-state index in [4.69, 9.17) is 0 Å². The standard InChI is InChI=1S/C13H9F3N2O2/c1-20-12(19)8-5-6-10(13(14,15)16)18-11(8)9-4-2-3-7-17-9/h2-7H,1H3. The van der Waals surface area contributed by atoms with Gasteiger partial charge in [0.15, 0.2) is 0 Å². The van der Waals surface area contributed by atoms with E-state index in [9.17, 15) is 18.0 Å². The highest BCUT2D eigenvalue weighted by Gasteiger charge is 2.33. The number of carbonyl (C=O) groups excluding carboxylic acids is 1. The number of methoxy groups -OCH3 is 1. The van der Waals surface area contributed by atoms with Crippen molar-refractivity contribution < 1.29 is 22.7 Å². The van der Waals surface area contributed by atoms with Gasteiger partial charge >= 0.3 is 12.1 Å². The van der Waals surface area contributed by atoms with Crippen molar-refractivity contribution in [1.82, 2.24) is 9.97 Å². The SMILES string of the molecule is COC(=O)c1ccc(C(F)(F)F)nc1-c1ccccn1. The minimum Gasteiger partial charge on any atom is -0.465 e. The average molecular weight is 282 g/mol. The predicted molar refractivity (Wildman–Crippen MR) is 63.8 cm³/mol. The third-order valence-electron chi connectivity index (χ3n) is 2.50. The molecule has 2 rings (SSSR count). The van der Waals surface area contributed by atoms with Crippen LogP contribution < -0.4 is 0 Å². The maximum Gasteiger partial charge on any atom is 0.433 e. The first-order chi connectivity index (χ1) is 9.43. The lowest BCUT2D eigenvalue weighted by Crippen LogP contribution is -2.12. The number of rotatable bonds is 2. The molecule has 0 saturated carbocycles. The van der Waals surface area contributed by atoms with Crippen molar-refractivity contribution in [1.29, 1.82) is 0 Å². The molecule has 2 aromatic rings. The monoisotopic (exact) mass is 282 g/mol. The van der Waals surface area contributed by atoms with Gasteiger partial charge in [0.25, 0.3) is 0 Å². The number of pyridine rings is 2. The van der Waals surface area contributed by atoms with Crippen molar-refractivity contribution in [3.05, 3.63) is 47.8 Å². The van der Waals surface area contributed by atoms with Gasteiger partial charge in [0.05, 0.1) is 18.4 Å². The van der Waals surface area contributed by atoms with Crippen LogP contribution in [0, 0.1) is 0 Å². The maximum atomic E-state index is 12.7. The Morgan fingerprint density at radius 1 is 1.20 bits per heavy atom. The molecular weight excluding hydrogens is 273 g/mol. The van der Waals surface area contributed by atoms with Crippen LogP contribution in [-0.2, 0) is 10.9 Å². The van der Waals surface area contributed by atoms with Crippen molar-refractivity contribution in [2.45, 2.75) is 6.18 Å². The van der Waals surface area contributed by atoms with Gasteiger partial charge in [-0.15, -0.1) is 0 Å². The highest BCUT2D eigenvalue weighted by Crippen LogP contribution is 2.30. The van der Waals surface area contributed by atoms with E-state index in [1.807, 2.05) is 0 Å². The van der Waals surface area contributed by atoms with Gasteiger partial charge in [-0.05, 0) is 24.3 Å². The summed E-state index contributed by atoms with van der Waals surface area (Å²) in [6, 6.07) is 6.43. The van der Waals surface area contributed by atoms with E-state index in [-0.39, 0.29) is 17.0 Å². The van der Waals surface area contributed by atoms with E-state index in [0.29, 0.717) is 0 Å². The smallest absolute Gasteiger partial charge is 0.433 e. The zero-order chi connectivity index (χ0) is 14.8. The predicted octanol–water partition coefficient (Wildman–Crippen LogP) is 2.95. The highest BCUT2D eigenvalue weighted by atomic mass is 19.4. The lowest BCUT2D eigenvalue weighted by Gasteiger charge is -2.11. The normalized spacial score (nSPS) is 11.2. The summed E-state index contributed by atoms with van der Waals surface area (Å²) in [5.74, 6) is -0.771. The Bertz CT molecular complexity index is 627. The van der Waals surface area contributed by atoms with Crippen LogP contribution in [0.4, 0.5) is 13.2 Å². The van der Waals surface area contributed by atoms with Crippen LogP contribution in [0.15, 0.2) is 36.5 Å². The molecule has 0 aromatic carbocycles. The molecule has 0 radical (unpaired) electrons. The van der Waals surface area contributed by atoms with Gasteiger partial charge in [-0.25, -0.2) is 9.78 Å². The van der Waals surface area contributed by atoms with Crippen molar-refractivity contribution in [2.24, 2.45) is 0 Å². The lowest BCUT2D eigenvalue weighted by molar-refractivity contribution is -0.141. The molecule has 0 amide bonds. The summed E-state index contributed by atoms with van der Waals surface area (Å²) in [5, 5.41) is 0. The summed E-state index contributed by atoms with van der Waals surface area (Å²) in [5.41, 5.74) is -1.16. The molecule has 7 heteroatoms. The molecule has 0 bridgehead atoms. The number of nitrogens with zero attached hydrogens (tertiary/aromatic N) is 2. The maximum absolute atomic E-state index is 12.7. The van der Waals surface area contributed by atoms with E-state index in [1.165, 1.54) is 12.3 Å². The number of ether oxygens (including phenoxy) is 1. The first-order valence-corrected chi connectivity index (χ1v) is 5.51. The Kier molecular flexibility index (Phi) is 3.69. The van der Waals surface area contributed by atoms with Gasteiger partial charge < -0.3 is 4.74 Å². The zero-order valence-corrected chi connectivity index (χ0v) is 10.3. The molecule has 0 atom stereocenters. The van der Waals surface area contributed by atoms with Crippen molar-refractivity contribution in [2.75, 3.05) is 7.11 Å². The Hall–Kier alpha value is -2.44. The second kappa shape index (κ2) is 5.28. The van der Waals surface area contributed by atoms with E-state index in [0.717, 1.165) is 19.2 Å². The number of alkyl halides is 3. The fourth-order valence-electron chi connectivity index (χ4n) is 1.59. The van der Waals surface area contributed by atoms with Crippen molar-refractivity contribution in [3.8, 4) is 11.4 Å². The number of carbonyl (C=O) groups is 1.